The molecule has 0 saturated carbocycles. The van der Waals surface area contributed by atoms with E-state index >= 15 is 0 Å². The highest BCUT2D eigenvalue weighted by Gasteiger charge is 2.53. The third-order valence-corrected chi connectivity index (χ3v) is 6.66. The molecule has 0 spiro atoms. The molecule has 6 rings (SSSR count). The highest BCUT2D eigenvalue weighted by molar-refractivity contribution is 5.29. The smallest absolute Gasteiger partial charge is 0.162 e. The summed E-state index contributed by atoms with van der Waals surface area (Å²) < 4.78 is 42.7. The predicted molar refractivity (Wildman–Crippen MR) is 95.6 cm³/mol. The van der Waals surface area contributed by atoms with Gasteiger partial charge in [0.25, 0.3) is 0 Å². The van der Waals surface area contributed by atoms with Crippen molar-refractivity contribution >= 4 is 0 Å². The first-order valence-electron chi connectivity index (χ1n) is 9.65. The van der Waals surface area contributed by atoms with Crippen LogP contribution in [0, 0.1) is 23.4 Å². The number of hydrogen-bond acceptors (Lipinski definition) is 3. The molecule has 4 aliphatic heterocycles. The van der Waals surface area contributed by atoms with E-state index in [1.807, 2.05) is 0 Å². The largest absolute Gasteiger partial charge is 0.298 e. The number of pyridine rings is 1. The van der Waals surface area contributed by atoms with Gasteiger partial charge in [0.2, 0.25) is 0 Å². The highest BCUT2D eigenvalue weighted by Crippen LogP contribution is 2.47. The molecule has 0 N–H and O–H groups in total. The fourth-order valence-corrected chi connectivity index (χ4v) is 5.53. The molecule has 0 unspecified atom stereocenters. The van der Waals surface area contributed by atoms with E-state index in [1.54, 1.807) is 24.4 Å². The Hall–Kier alpha value is -1.92. The lowest BCUT2D eigenvalue weighted by molar-refractivity contribution is -0.00942. The van der Waals surface area contributed by atoms with Crippen LogP contribution >= 0.6 is 0 Å². The summed E-state index contributed by atoms with van der Waals surface area (Å²) in [4.78, 5) is 8.88. The summed E-state index contributed by atoms with van der Waals surface area (Å²) in [5.41, 5.74) is 0.870. The van der Waals surface area contributed by atoms with Crippen LogP contribution in [0.2, 0.25) is 0 Å². The lowest BCUT2D eigenvalue weighted by atomic mass is 9.75. The van der Waals surface area contributed by atoms with E-state index in [2.05, 4.69) is 14.8 Å². The molecule has 3 atom stereocenters. The summed E-state index contributed by atoms with van der Waals surface area (Å²) in [6.07, 6.45) is 3.83. The standard InChI is InChI=1S/C21H22F3N3/c22-16-5-2-8-25-18(16)12-27-11-15(14-3-1-4-17(23)19(14)24)21-20(27)13-6-9-26(21)10-7-13/h1-5,8,13,15,20-21H,6-7,9-12H2/t15-,20+,21+/m0/s1. The van der Waals surface area contributed by atoms with Gasteiger partial charge in [0, 0.05) is 37.3 Å². The SMILES string of the molecule is Fc1cccnc1CN1C[C@@H](c2cccc(F)c2F)[C@@H]2[C@H]1C1CCN2CC1. The van der Waals surface area contributed by atoms with Crippen molar-refractivity contribution in [2.75, 3.05) is 19.6 Å². The van der Waals surface area contributed by atoms with Gasteiger partial charge in [0.05, 0.1) is 5.69 Å². The summed E-state index contributed by atoms with van der Waals surface area (Å²) in [6, 6.07) is 7.86. The van der Waals surface area contributed by atoms with Gasteiger partial charge in [-0.25, -0.2) is 13.2 Å². The average molecular weight is 373 g/mol. The van der Waals surface area contributed by atoms with Crippen molar-refractivity contribution in [2.45, 2.75) is 37.4 Å². The normalized spacial score (nSPS) is 32.6. The third-order valence-electron chi connectivity index (χ3n) is 6.66. The van der Waals surface area contributed by atoms with Crippen molar-refractivity contribution in [3.05, 3.63) is 65.2 Å². The van der Waals surface area contributed by atoms with Gasteiger partial charge in [-0.15, -0.1) is 0 Å². The monoisotopic (exact) mass is 373 g/mol. The van der Waals surface area contributed by atoms with Crippen LogP contribution in [0.5, 0.6) is 0 Å². The van der Waals surface area contributed by atoms with E-state index in [4.69, 9.17) is 0 Å². The summed E-state index contributed by atoms with van der Waals surface area (Å²) in [6.45, 7) is 3.01. The molecular formula is C21H22F3N3. The van der Waals surface area contributed by atoms with Crippen LogP contribution in [0.3, 0.4) is 0 Å². The summed E-state index contributed by atoms with van der Waals surface area (Å²) in [5.74, 6) is -1.44. The molecule has 1 aromatic heterocycles. The van der Waals surface area contributed by atoms with E-state index in [0.717, 1.165) is 25.9 Å². The number of nitrogens with zero attached hydrogens (tertiary/aromatic N) is 3. The third kappa shape index (κ3) is 2.77. The number of hydrogen-bond donors (Lipinski definition) is 0. The zero-order valence-electron chi connectivity index (χ0n) is 15.0. The van der Waals surface area contributed by atoms with E-state index in [1.165, 1.54) is 12.1 Å². The lowest BCUT2D eigenvalue weighted by Gasteiger charge is -2.51. The minimum absolute atomic E-state index is 0.111. The molecule has 4 fully saturated rings. The maximum atomic E-state index is 14.6. The molecule has 0 radical (unpaired) electrons. The van der Waals surface area contributed by atoms with Gasteiger partial charge >= 0.3 is 0 Å². The molecule has 1 aromatic carbocycles. The van der Waals surface area contributed by atoms with Crippen LogP contribution < -0.4 is 0 Å². The molecule has 4 aliphatic rings. The maximum absolute atomic E-state index is 14.6. The van der Waals surface area contributed by atoms with Crippen LogP contribution in [0.4, 0.5) is 13.2 Å². The quantitative estimate of drug-likeness (QED) is 0.820. The number of piperidine rings is 3. The summed E-state index contributed by atoms with van der Waals surface area (Å²) >= 11 is 0. The Labute approximate surface area is 156 Å². The lowest BCUT2D eigenvalue weighted by Crippen LogP contribution is -2.60. The molecule has 27 heavy (non-hydrogen) atoms. The first-order valence-corrected chi connectivity index (χ1v) is 9.65. The van der Waals surface area contributed by atoms with E-state index in [9.17, 15) is 13.2 Å². The van der Waals surface area contributed by atoms with Crippen molar-refractivity contribution in [2.24, 2.45) is 5.92 Å². The van der Waals surface area contributed by atoms with Crippen LogP contribution in [0.15, 0.2) is 36.5 Å². The zero-order chi connectivity index (χ0) is 18.5. The Balaban J connectivity index is 1.52. The van der Waals surface area contributed by atoms with Crippen molar-refractivity contribution in [3.8, 4) is 0 Å². The van der Waals surface area contributed by atoms with E-state index in [0.29, 0.717) is 30.3 Å². The second-order valence-corrected chi connectivity index (χ2v) is 7.97. The van der Waals surface area contributed by atoms with Crippen LogP contribution in [0.1, 0.15) is 30.0 Å². The van der Waals surface area contributed by atoms with Gasteiger partial charge in [-0.2, -0.15) is 0 Å². The van der Waals surface area contributed by atoms with E-state index < -0.39 is 11.6 Å². The Morgan fingerprint density at radius 2 is 1.74 bits per heavy atom. The number of aromatic nitrogens is 1. The Morgan fingerprint density at radius 3 is 2.52 bits per heavy atom. The minimum Gasteiger partial charge on any atom is -0.298 e. The molecule has 0 aliphatic carbocycles. The number of rotatable bonds is 3. The van der Waals surface area contributed by atoms with Crippen molar-refractivity contribution in [1.29, 1.82) is 0 Å². The molecule has 4 saturated heterocycles. The first-order chi connectivity index (χ1) is 13.1. The Kier molecular flexibility index (Phi) is 4.20. The molecule has 2 bridgehead atoms. The van der Waals surface area contributed by atoms with E-state index in [-0.39, 0.29) is 23.8 Å². The van der Waals surface area contributed by atoms with Crippen LogP contribution in [-0.4, -0.2) is 46.5 Å². The number of fused-ring (bicyclic) bond motifs is 2. The fraction of sp³-hybridized carbons (Fsp3) is 0.476. The van der Waals surface area contributed by atoms with Crippen molar-refractivity contribution < 1.29 is 13.2 Å². The predicted octanol–water partition coefficient (Wildman–Crippen LogP) is 3.56. The van der Waals surface area contributed by atoms with Crippen molar-refractivity contribution in [3.63, 3.8) is 0 Å². The number of benzene rings is 1. The average Bonchev–Trinajstić information content (AvgIpc) is 3.08. The first kappa shape index (κ1) is 17.2. The van der Waals surface area contributed by atoms with Gasteiger partial charge in [-0.3, -0.25) is 14.8 Å². The Bertz CT molecular complexity index is 850. The number of likely N-dealkylation sites (tertiary alicyclic amines) is 1. The molecule has 5 heterocycles. The van der Waals surface area contributed by atoms with Crippen LogP contribution in [0.25, 0.3) is 0 Å². The summed E-state index contributed by atoms with van der Waals surface area (Å²) in [7, 11) is 0. The second-order valence-electron chi connectivity index (χ2n) is 7.97. The van der Waals surface area contributed by atoms with Crippen molar-refractivity contribution in [1.82, 2.24) is 14.8 Å². The van der Waals surface area contributed by atoms with Gasteiger partial charge in [0.1, 0.15) is 5.82 Å². The molecule has 2 aromatic rings. The van der Waals surface area contributed by atoms with Gasteiger partial charge in [0.15, 0.2) is 11.6 Å². The highest BCUT2D eigenvalue weighted by atomic mass is 19.2. The minimum atomic E-state index is -0.797. The molecule has 6 heteroatoms. The Morgan fingerprint density at radius 1 is 0.963 bits per heavy atom. The zero-order valence-corrected chi connectivity index (χ0v) is 15.0. The fourth-order valence-electron chi connectivity index (χ4n) is 5.53. The maximum Gasteiger partial charge on any atom is 0.162 e. The van der Waals surface area contributed by atoms with Gasteiger partial charge < -0.3 is 0 Å². The van der Waals surface area contributed by atoms with Gasteiger partial charge in [-0.1, -0.05) is 12.1 Å². The molecule has 3 nitrogen and oxygen atoms in total. The number of halogens is 3. The van der Waals surface area contributed by atoms with Crippen LogP contribution in [-0.2, 0) is 6.54 Å². The topological polar surface area (TPSA) is 19.4 Å². The molecular weight excluding hydrogens is 351 g/mol. The second kappa shape index (κ2) is 6.60. The van der Waals surface area contributed by atoms with Gasteiger partial charge in [-0.05, 0) is 55.6 Å². The molecule has 0 amide bonds. The molecule has 142 valence electrons. The summed E-state index contributed by atoms with van der Waals surface area (Å²) in [5, 5.41) is 0.